The van der Waals surface area contributed by atoms with Crippen LogP contribution in [0.1, 0.15) is 19.4 Å². The molecule has 84 valence electrons. The van der Waals surface area contributed by atoms with E-state index in [-0.39, 0.29) is 5.91 Å². The Balaban J connectivity index is 2.79. The fourth-order valence-electron chi connectivity index (χ4n) is 1.28. The van der Waals surface area contributed by atoms with Crippen LogP contribution < -0.4 is 11.1 Å². The highest BCUT2D eigenvalue weighted by atomic mass is 16.1. The minimum Gasteiger partial charge on any atom is -0.368 e. The van der Waals surface area contributed by atoms with Crippen molar-refractivity contribution >= 4 is 5.91 Å². The summed E-state index contributed by atoms with van der Waals surface area (Å²) in [5.74, 6) is -0.376. The summed E-state index contributed by atoms with van der Waals surface area (Å²) in [5, 5.41) is 7.09. The summed E-state index contributed by atoms with van der Waals surface area (Å²) in [5.41, 5.74) is 5.72. The summed E-state index contributed by atoms with van der Waals surface area (Å²) >= 11 is 0. The lowest BCUT2D eigenvalue weighted by molar-refractivity contribution is -0.124. The molecular formula is C10H18N4O. The van der Waals surface area contributed by atoms with Gasteiger partial charge in [0.2, 0.25) is 5.91 Å². The Morgan fingerprint density at radius 3 is 2.80 bits per heavy atom. The maximum absolute atomic E-state index is 11.3. The van der Waals surface area contributed by atoms with Gasteiger partial charge >= 0.3 is 0 Å². The van der Waals surface area contributed by atoms with E-state index < -0.39 is 5.54 Å². The second kappa shape index (κ2) is 4.44. The summed E-state index contributed by atoms with van der Waals surface area (Å²) in [6.45, 7) is 4.27. The first-order chi connectivity index (χ1) is 7.01. The van der Waals surface area contributed by atoms with Gasteiger partial charge in [0.25, 0.3) is 0 Å². The average Bonchev–Trinajstić information content (AvgIpc) is 2.65. The van der Waals surface area contributed by atoms with Crippen molar-refractivity contribution in [3.8, 4) is 0 Å². The normalized spacial score (nSPS) is 14.9. The molecule has 0 bridgehead atoms. The minimum atomic E-state index is -0.753. The standard InChI is InChI=1S/C10H18N4O/c1-4-8-5-13-14(6-8)7-10(2,12-3)9(11)15/h5-6,12H,4,7H2,1-3H3,(H2,11,15). The molecule has 1 amide bonds. The van der Waals surface area contributed by atoms with E-state index in [1.165, 1.54) is 0 Å². The van der Waals surface area contributed by atoms with E-state index in [2.05, 4.69) is 17.3 Å². The number of likely N-dealkylation sites (N-methyl/N-ethyl adjacent to an activating group) is 1. The molecule has 3 N–H and O–H groups in total. The Hall–Kier alpha value is -1.36. The molecule has 0 aliphatic heterocycles. The van der Waals surface area contributed by atoms with Gasteiger partial charge in [-0.1, -0.05) is 6.92 Å². The lowest BCUT2D eigenvalue weighted by Gasteiger charge is -2.25. The molecule has 1 aromatic heterocycles. The summed E-state index contributed by atoms with van der Waals surface area (Å²) in [4.78, 5) is 11.3. The van der Waals surface area contributed by atoms with Crippen molar-refractivity contribution < 1.29 is 4.79 Å². The molecule has 1 unspecified atom stereocenters. The van der Waals surface area contributed by atoms with Gasteiger partial charge < -0.3 is 11.1 Å². The maximum Gasteiger partial charge on any atom is 0.239 e. The quantitative estimate of drug-likeness (QED) is 0.713. The fraction of sp³-hybridized carbons (Fsp3) is 0.600. The molecule has 0 aromatic carbocycles. The largest absolute Gasteiger partial charge is 0.368 e. The number of amides is 1. The second-order valence-electron chi connectivity index (χ2n) is 3.85. The first-order valence-corrected chi connectivity index (χ1v) is 5.02. The first kappa shape index (κ1) is 11.7. The van der Waals surface area contributed by atoms with Crippen LogP contribution in [0.15, 0.2) is 12.4 Å². The van der Waals surface area contributed by atoms with Crippen molar-refractivity contribution in [2.75, 3.05) is 7.05 Å². The monoisotopic (exact) mass is 210 g/mol. The molecule has 0 saturated carbocycles. The number of nitrogens with one attached hydrogen (secondary N) is 1. The predicted octanol–water partition coefficient (Wildman–Crippen LogP) is -0.0911. The van der Waals surface area contributed by atoms with Gasteiger partial charge in [0.1, 0.15) is 5.54 Å². The number of primary amides is 1. The summed E-state index contributed by atoms with van der Waals surface area (Å²) < 4.78 is 1.74. The van der Waals surface area contributed by atoms with Crippen molar-refractivity contribution in [3.63, 3.8) is 0 Å². The number of aromatic nitrogens is 2. The molecule has 0 aliphatic carbocycles. The molecule has 0 saturated heterocycles. The van der Waals surface area contributed by atoms with E-state index in [1.54, 1.807) is 24.9 Å². The highest BCUT2D eigenvalue weighted by Crippen LogP contribution is 2.07. The number of nitrogens with zero attached hydrogens (tertiary/aromatic N) is 2. The van der Waals surface area contributed by atoms with Gasteiger partial charge in [0.15, 0.2) is 0 Å². The van der Waals surface area contributed by atoms with Crippen LogP contribution >= 0.6 is 0 Å². The van der Waals surface area contributed by atoms with E-state index >= 15 is 0 Å². The van der Waals surface area contributed by atoms with Gasteiger partial charge in [0.05, 0.1) is 12.7 Å². The van der Waals surface area contributed by atoms with Crippen molar-refractivity contribution in [2.24, 2.45) is 5.73 Å². The Labute approximate surface area is 89.6 Å². The van der Waals surface area contributed by atoms with Crippen molar-refractivity contribution in [1.29, 1.82) is 0 Å². The zero-order valence-corrected chi connectivity index (χ0v) is 9.45. The zero-order valence-electron chi connectivity index (χ0n) is 9.45. The average molecular weight is 210 g/mol. The van der Waals surface area contributed by atoms with Crippen LogP contribution in [0.3, 0.4) is 0 Å². The molecule has 1 atom stereocenters. The van der Waals surface area contributed by atoms with Crippen LogP contribution in [-0.2, 0) is 17.8 Å². The molecule has 0 radical (unpaired) electrons. The molecule has 0 aliphatic rings. The molecule has 0 spiro atoms. The third-order valence-corrected chi connectivity index (χ3v) is 2.67. The van der Waals surface area contributed by atoms with E-state index in [0.29, 0.717) is 6.54 Å². The topological polar surface area (TPSA) is 72.9 Å². The number of carbonyl (C=O) groups excluding carboxylic acids is 1. The number of aryl methyl sites for hydroxylation is 1. The van der Waals surface area contributed by atoms with Crippen molar-refractivity contribution in [2.45, 2.75) is 32.4 Å². The Kier molecular flexibility index (Phi) is 3.47. The van der Waals surface area contributed by atoms with Crippen LogP contribution in [0.25, 0.3) is 0 Å². The molecule has 15 heavy (non-hydrogen) atoms. The molecular weight excluding hydrogens is 192 g/mol. The van der Waals surface area contributed by atoms with Crippen LogP contribution in [0, 0.1) is 0 Å². The van der Waals surface area contributed by atoms with Crippen LogP contribution in [0.2, 0.25) is 0 Å². The minimum absolute atomic E-state index is 0.376. The molecule has 5 nitrogen and oxygen atoms in total. The van der Waals surface area contributed by atoms with Gasteiger partial charge in [-0.3, -0.25) is 9.48 Å². The van der Waals surface area contributed by atoms with E-state index in [9.17, 15) is 4.79 Å². The smallest absolute Gasteiger partial charge is 0.239 e. The van der Waals surface area contributed by atoms with Crippen molar-refractivity contribution in [3.05, 3.63) is 18.0 Å². The maximum atomic E-state index is 11.3. The number of carbonyl (C=O) groups is 1. The van der Waals surface area contributed by atoms with Gasteiger partial charge in [-0.2, -0.15) is 5.10 Å². The van der Waals surface area contributed by atoms with Crippen LogP contribution in [0.5, 0.6) is 0 Å². The van der Waals surface area contributed by atoms with E-state index in [4.69, 9.17) is 5.73 Å². The number of hydrogen-bond donors (Lipinski definition) is 2. The molecule has 0 fully saturated rings. The summed E-state index contributed by atoms with van der Waals surface area (Å²) in [6.07, 6.45) is 4.67. The van der Waals surface area contributed by atoms with Crippen molar-refractivity contribution in [1.82, 2.24) is 15.1 Å². The number of hydrogen-bond acceptors (Lipinski definition) is 3. The summed E-state index contributed by atoms with van der Waals surface area (Å²) in [6, 6.07) is 0. The Bertz CT molecular complexity index is 347. The predicted molar refractivity (Wildman–Crippen MR) is 58.3 cm³/mol. The van der Waals surface area contributed by atoms with E-state index in [0.717, 1.165) is 12.0 Å². The third kappa shape index (κ3) is 2.56. The van der Waals surface area contributed by atoms with Crippen LogP contribution in [0.4, 0.5) is 0 Å². The Morgan fingerprint density at radius 1 is 1.73 bits per heavy atom. The molecule has 1 aromatic rings. The number of rotatable bonds is 5. The SMILES string of the molecule is CCc1cnn(CC(C)(NC)C(N)=O)c1. The lowest BCUT2D eigenvalue weighted by Crippen LogP contribution is -2.54. The first-order valence-electron chi connectivity index (χ1n) is 5.02. The highest BCUT2D eigenvalue weighted by Gasteiger charge is 2.29. The third-order valence-electron chi connectivity index (χ3n) is 2.67. The van der Waals surface area contributed by atoms with Gasteiger partial charge in [-0.05, 0) is 26.0 Å². The Morgan fingerprint density at radius 2 is 2.40 bits per heavy atom. The van der Waals surface area contributed by atoms with E-state index in [1.807, 2.05) is 6.20 Å². The molecule has 1 heterocycles. The lowest BCUT2D eigenvalue weighted by atomic mass is 10.0. The summed E-state index contributed by atoms with van der Waals surface area (Å²) in [7, 11) is 1.72. The second-order valence-corrected chi connectivity index (χ2v) is 3.85. The molecule has 5 heteroatoms. The van der Waals surface area contributed by atoms with Gasteiger partial charge in [-0.25, -0.2) is 0 Å². The number of nitrogens with two attached hydrogens (primary N) is 1. The van der Waals surface area contributed by atoms with Gasteiger partial charge in [-0.15, -0.1) is 0 Å². The van der Waals surface area contributed by atoms with Gasteiger partial charge in [0, 0.05) is 6.20 Å². The van der Waals surface area contributed by atoms with Crippen LogP contribution in [-0.4, -0.2) is 28.3 Å². The fourth-order valence-corrected chi connectivity index (χ4v) is 1.28. The molecule has 1 rings (SSSR count). The highest BCUT2D eigenvalue weighted by molar-refractivity contribution is 5.84. The zero-order chi connectivity index (χ0) is 11.5.